The van der Waals surface area contributed by atoms with Gasteiger partial charge in [0.15, 0.2) is 0 Å². The monoisotopic (exact) mass is 283 g/mol. The number of H-pyrrole nitrogens is 1. The molecule has 0 amide bonds. The Kier molecular flexibility index (Phi) is 3.48. The molecule has 0 aliphatic heterocycles. The second-order valence-corrected chi connectivity index (χ2v) is 5.53. The lowest BCUT2D eigenvalue weighted by Crippen LogP contribution is -1.97. The maximum absolute atomic E-state index is 10.5. The van der Waals surface area contributed by atoms with Gasteiger partial charge in [-0.05, 0) is 29.8 Å². The van der Waals surface area contributed by atoms with E-state index >= 15 is 0 Å². The van der Waals surface area contributed by atoms with Crippen LogP contribution >= 0.6 is 11.8 Å². The van der Waals surface area contributed by atoms with Crippen LogP contribution in [-0.2, 0) is 4.79 Å². The van der Waals surface area contributed by atoms with E-state index in [4.69, 9.17) is 5.11 Å². The van der Waals surface area contributed by atoms with Crippen LogP contribution < -0.4 is 0 Å². The number of aromatic amines is 1. The van der Waals surface area contributed by atoms with E-state index in [-0.39, 0.29) is 5.75 Å². The van der Waals surface area contributed by atoms with E-state index < -0.39 is 5.97 Å². The first-order valence-corrected chi connectivity index (χ1v) is 7.24. The van der Waals surface area contributed by atoms with Gasteiger partial charge in [-0.3, -0.25) is 4.79 Å². The third-order valence-corrected chi connectivity index (χ3v) is 4.05. The van der Waals surface area contributed by atoms with Gasteiger partial charge in [0.2, 0.25) is 0 Å². The van der Waals surface area contributed by atoms with Gasteiger partial charge in [0.25, 0.3) is 0 Å². The predicted molar refractivity (Wildman–Crippen MR) is 82.1 cm³/mol. The molecule has 0 fully saturated rings. The van der Waals surface area contributed by atoms with E-state index in [0.717, 1.165) is 21.7 Å². The lowest BCUT2D eigenvalue weighted by Gasteiger charge is -2.01. The molecule has 0 atom stereocenters. The minimum absolute atomic E-state index is 0.0890. The Labute approximate surface area is 120 Å². The van der Waals surface area contributed by atoms with Crippen LogP contribution in [0.25, 0.3) is 22.2 Å². The molecule has 0 aliphatic carbocycles. The van der Waals surface area contributed by atoms with E-state index in [9.17, 15) is 4.79 Å². The topological polar surface area (TPSA) is 53.1 Å². The molecule has 0 radical (unpaired) electrons. The Bertz CT molecular complexity index is 714. The number of hydrogen-bond donors (Lipinski definition) is 2. The van der Waals surface area contributed by atoms with Crippen LogP contribution in [0.15, 0.2) is 59.5 Å². The molecule has 2 N–H and O–H groups in total. The van der Waals surface area contributed by atoms with Gasteiger partial charge < -0.3 is 10.1 Å². The van der Waals surface area contributed by atoms with E-state index in [1.54, 1.807) is 0 Å². The average molecular weight is 283 g/mol. The van der Waals surface area contributed by atoms with E-state index in [1.807, 2.05) is 36.4 Å². The number of para-hydroxylation sites is 1. The van der Waals surface area contributed by atoms with Crippen molar-refractivity contribution in [3.63, 3.8) is 0 Å². The Morgan fingerprint density at radius 2 is 1.85 bits per heavy atom. The van der Waals surface area contributed by atoms with Gasteiger partial charge in [-0.25, -0.2) is 0 Å². The molecule has 0 saturated heterocycles. The standard InChI is InChI=1S/C16H13NO2S/c18-16(19)10-20-13-7-5-11(6-8-13)15-9-12-3-1-2-4-14(12)17-15/h1-9,17H,10H2,(H,18,19). The minimum atomic E-state index is -0.797. The van der Waals surface area contributed by atoms with Gasteiger partial charge in [0, 0.05) is 21.5 Å². The lowest BCUT2D eigenvalue weighted by atomic mass is 10.1. The number of nitrogens with one attached hydrogen (secondary N) is 1. The molecular formula is C16H13NO2S. The molecule has 20 heavy (non-hydrogen) atoms. The highest BCUT2D eigenvalue weighted by Crippen LogP contribution is 2.26. The number of benzene rings is 2. The van der Waals surface area contributed by atoms with Crippen molar-refractivity contribution in [1.29, 1.82) is 0 Å². The molecule has 4 heteroatoms. The second kappa shape index (κ2) is 5.43. The van der Waals surface area contributed by atoms with E-state index in [1.165, 1.54) is 17.1 Å². The van der Waals surface area contributed by atoms with Gasteiger partial charge in [0.05, 0.1) is 5.75 Å². The summed E-state index contributed by atoms with van der Waals surface area (Å²) in [6.07, 6.45) is 0. The minimum Gasteiger partial charge on any atom is -0.481 e. The molecule has 0 aliphatic rings. The summed E-state index contributed by atoms with van der Waals surface area (Å²) in [5.74, 6) is -0.708. The molecule has 0 bridgehead atoms. The predicted octanol–water partition coefficient (Wildman–Crippen LogP) is 4.01. The van der Waals surface area contributed by atoms with Crippen LogP contribution in [0.4, 0.5) is 0 Å². The van der Waals surface area contributed by atoms with Crippen molar-refractivity contribution in [3.05, 3.63) is 54.6 Å². The summed E-state index contributed by atoms with van der Waals surface area (Å²) < 4.78 is 0. The molecule has 3 nitrogen and oxygen atoms in total. The third kappa shape index (κ3) is 2.70. The fourth-order valence-corrected chi connectivity index (χ4v) is 2.72. The Morgan fingerprint density at radius 1 is 1.10 bits per heavy atom. The quantitative estimate of drug-likeness (QED) is 0.711. The van der Waals surface area contributed by atoms with Gasteiger partial charge in [-0.2, -0.15) is 0 Å². The van der Waals surface area contributed by atoms with Crippen molar-refractivity contribution in [2.45, 2.75) is 4.90 Å². The second-order valence-electron chi connectivity index (χ2n) is 4.48. The van der Waals surface area contributed by atoms with Crippen molar-refractivity contribution < 1.29 is 9.90 Å². The highest BCUT2D eigenvalue weighted by Gasteiger charge is 2.04. The van der Waals surface area contributed by atoms with Crippen molar-refractivity contribution in [3.8, 4) is 11.3 Å². The molecule has 100 valence electrons. The zero-order valence-corrected chi connectivity index (χ0v) is 11.5. The van der Waals surface area contributed by atoms with Crippen molar-refractivity contribution in [2.75, 3.05) is 5.75 Å². The zero-order valence-electron chi connectivity index (χ0n) is 10.7. The van der Waals surface area contributed by atoms with Gasteiger partial charge in [-0.1, -0.05) is 30.3 Å². The Hall–Kier alpha value is -2.20. The lowest BCUT2D eigenvalue weighted by molar-refractivity contribution is -0.133. The van der Waals surface area contributed by atoms with Crippen LogP contribution in [0.3, 0.4) is 0 Å². The number of carbonyl (C=O) groups is 1. The van der Waals surface area contributed by atoms with Gasteiger partial charge >= 0.3 is 5.97 Å². The number of aromatic nitrogens is 1. The van der Waals surface area contributed by atoms with Crippen molar-refractivity contribution in [2.24, 2.45) is 0 Å². The normalized spacial score (nSPS) is 10.8. The smallest absolute Gasteiger partial charge is 0.313 e. The van der Waals surface area contributed by atoms with Crippen LogP contribution in [-0.4, -0.2) is 21.8 Å². The van der Waals surface area contributed by atoms with Crippen molar-refractivity contribution in [1.82, 2.24) is 4.98 Å². The molecular weight excluding hydrogens is 270 g/mol. The fraction of sp³-hybridized carbons (Fsp3) is 0.0625. The molecule has 3 rings (SSSR count). The Balaban J connectivity index is 1.85. The number of carboxylic acids is 1. The summed E-state index contributed by atoms with van der Waals surface area (Å²) >= 11 is 1.33. The molecule has 3 aromatic rings. The third-order valence-electron chi connectivity index (χ3n) is 3.06. The first kappa shape index (κ1) is 12.8. The first-order chi connectivity index (χ1) is 9.72. The highest BCUT2D eigenvalue weighted by molar-refractivity contribution is 8.00. The molecule has 1 aromatic heterocycles. The number of rotatable bonds is 4. The van der Waals surface area contributed by atoms with Crippen LogP contribution in [0.5, 0.6) is 0 Å². The summed E-state index contributed by atoms with van der Waals surface area (Å²) in [4.78, 5) is 14.9. The number of hydrogen-bond acceptors (Lipinski definition) is 2. The highest BCUT2D eigenvalue weighted by atomic mass is 32.2. The number of aliphatic carboxylic acids is 1. The maximum Gasteiger partial charge on any atom is 0.313 e. The summed E-state index contributed by atoms with van der Waals surface area (Å²) in [5, 5.41) is 9.85. The summed E-state index contributed by atoms with van der Waals surface area (Å²) in [7, 11) is 0. The average Bonchev–Trinajstić information content (AvgIpc) is 2.89. The zero-order chi connectivity index (χ0) is 13.9. The molecule has 0 unspecified atom stereocenters. The van der Waals surface area contributed by atoms with Gasteiger partial charge in [0.1, 0.15) is 0 Å². The number of fused-ring (bicyclic) bond motifs is 1. The Morgan fingerprint density at radius 3 is 2.55 bits per heavy atom. The molecule has 1 heterocycles. The molecule has 0 saturated carbocycles. The number of thioether (sulfide) groups is 1. The van der Waals surface area contributed by atoms with Crippen LogP contribution in [0, 0.1) is 0 Å². The van der Waals surface area contributed by atoms with Crippen LogP contribution in [0.2, 0.25) is 0 Å². The van der Waals surface area contributed by atoms with Crippen molar-refractivity contribution >= 4 is 28.6 Å². The summed E-state index contributed by atoms with van der Waals surface area (Å²) in [5.41, 5.74) is 3.29. The maximum atomic E-state index is 10.5. The SMILES string of the molecule is O=C(O)CSc1ccc(-c2cc3ccccc3[nH]2)cc1. The van der Waals surface area contributed by atoms with E-state index in [2.05, 4.69) is 23.2 Å². The first-order valence-electron chi connectivity index (χ1n) is 6.25. The van der Waals surface area contributed by atoms with Crippen LogP contribution in [0.1, 0.15) is 0 Å². The molecule has 2 aromatic carbocycles. The summed E-state index contributed by atoms with van der Waals surface area (Å²) in [6.45, 7) is 0. The number of carboxylic acid groups (broad SMARTS) is 1. The fourth-order valence-electron chi connectivity index (χ4n) is 2.10. The molecule has 0 spiro atoms. The summed E-state index contributed by atoms with van der Waals surface area (Å²) in [6, 6.07) is 18.2. The van der Waals surface area contributed by atoms with Gasteiger partial charge in [-0.15, -0.1) is 11.8 Å². The largest absolute Gasteiger partial charge is 0.481 e. The van der Waals surface area contributed by atoms with E-state index in [0.29, 0.717) is 0 Å².